The number of anilines is 2. The Morgan fingerprint density at radius 1 is 0.860 bits per heavy atom. The summed E-state index contributed by atoms with van der Waals surface area (Å²) in [6, 6.07) is 31.2. The Kier molecular flexibility index (Phi) is 12.0. The number of nitrogens with one attached hydrogen (secondary N) is 3. The number of carbonyl (C=O) groups excluding carboxylic acids is 4. The van der Waals surface area contributed by atoms with Gasteiger partial charge in [0.2, 0.25) is 5.91 Å². The molecule has 0 bridgehead atoms. The lowest BCUT2D eigenvalue weighted by Crippen LogP contribution is -2.30. The number of thiophene rings is 1. The van der Waals surface area contributed by atoms with Crippen molar-refractivity contribution in [2.45, 2.75) is 37.8 Å². The third-order valence-corrected chi connectivity index (χ3v) is 9.65. The monoisotopic (exact) mass is 703 g/mol. The fourth-order valence-electron chi connectivity index (χ4n) is 4.96. The molecule has 0 aliphatic carbocycles. The Morgan fingerprint density at radius 3 is 2.30 bits per heavy atom. The predicted octanol–water partition coefficient (Wildman–Crippen LogP) is 8.74. The molecule has 8 nitrogen and oxygen atoms in total. The first-order valence-corrected chi connectivity index (χ1v) is 17.8. The number of ether oxygens (including phenoxy) is 1. The van der Waals surface area contributed by atoms with Gasteiger partial charge in [-0.3, -0.25) is 14.4 Å². The summed E-state index contributed by atoms with van der Waals surface area (Å²) >= 11 is 2.58. The Hall–Kier alpha value is -5.45. The molecular weight excluding hydrogens is 667 g/mol. The van der Waals surface area contributed by atoms with Crippen molar-refractivity contribution >= 4 is 63.6 Å². The maximum atomic E-state index is 13.6. The summed E-state index contributed by atoms with van der Waals surface area (Å²) in [5.41, 5.74) is 5.70. The Labute approximate surface area is 300 Å². The number of esters is 1. The highest BCUT2D eigenvalue weighted by Gasteiger charge is 2.25. The van der Waals surface area contributed by atoms with Crippen LogP contribution in [0.3, 0.4) is 0 Å². The molecule has 0 saturated heterocycles. The van der Waals surface area contributed by atoms with Gasteiger partial charge in [0.15, 0.2) is 0 Å². The van der Waals surface area contributed by atoms with E-state index in [1.807, 2.05) is 79.9 Å². The van der Waals surface area contributed by atoms with Crippen molar-refractivity contribution in [2.24, 2.45) is 0 Å². The number of rotatable bonds is 12. The summed E-state index contributed by atoms with van der Waals surface area (Å²) < 4.78 is 5.34. The molecule has 254 valence electrons. The lowest BCUT2D eigenvalue weighted by atomic mass is 10.0. The molecule has 4 aromatic carbocycles. The molecule has 1 aromatic heterocycles. The number of hydrogen-bond donors (Lipinski definition) is 3. The third kappa shape index (κ3) is 9.16. The van der Waals surface area contributed by atoms with Gasteiger partial charge in [0.25, 0.3) is 11.8 Å². The summed E-state index contributed by atoms with van der Waals surface area (Å²) in [6.07, 6.45) is 1.65. The van der Waals surface area contributed by atoms with Gasteiger partial charge in [0, 0.05) is 27.1 Å². The second-order valence-corrected chi connectivity index (χ2v) is 13.7. The lowest BCUT2D eigenvalue weighted by Gasteiger charge is -2.15. The molecule has 0 aliphatic rings. The predicted molar refractivity (Wildman–Crippen MR) is 203 cm³/mol. The minimum absolute atomic E-state index is 0.0808. The van der Waals surface area contributed by atoms with Gasteiger partial charge in [0.1, 0.15) is 16.3 Å². The standard InChI is InChI=1S/C40H37N3O5S2/c1-5-48-40(47)35-33(28-20-18-25(2)19-21-28)24-49-39(35)43-36(44)27(4)50-32-17-11-16-31(23-32)41-38(46)34(22-30-15-10-9-12-26(30)3)42-37(45)29-13-7-6-8-14-29/h6-24,27H,5H2,1-4H3,(H,41,46)(H,42,45)(H,43,44)/b34-22-. The Morgan fingerprint density at radius 2 is 1.58 bits per heavy atom. The number of hydrogen-bond acceptors (Lipinski definition) is 7. The smallest absolute Gasteiger partial charge is 0.341 e. The Bertz CT molecular complexity index is 2040. The SMILES string of the molecule is CCOC(=O)c1c(-c2ccc(C)cc2)csc1NC(=O)C(C)Sc1cccc(NC(=O)/C(=C/c2ccccc2C)NC(=O)c2ccccc2)c1. The molecule has 0 aliphatic heterocycles. The first-order valence-electron chi connectivity index (χ1n) is 16.0. The maximum absolute atomic E-state index is 13.6. The topological polar surface area (TPSA) is 114 Å². The van der Waals surface area contributed by atoms with Crippen LogP contribution in [-0.2, 0) is 14.3 Å². The maximum Gasteiger partial charge on any atom is 0.341 e. The van der Waals surface area contributed by atoms with E-state index >= 15 is 0 Å². The van der Waals surface area contributed by atoms with E-state index in [4.69, 9.17) is 4.74 Å². The molecule has 1 heterocycles. The van der Waals surface area contributed by atoms with Crippen LogP contribution in [0.2, 0.25) is 0 Å². The molecule has 50 heavy (non-hydrogen) atoms. The van der Waals surface area contributed by atoms with Crippen molar-refractivity contribution in [3.8, 4) is 11.1 Å². The van der Waals surface area contributed by atoms with Crippen LogP contribution in [0.25, 0.3) is 17.2 Å². The second kappa shape index (κ2) is 16.8. The highest BCUT2D eigenvalue weighted by molar-refractivity contribution is 8.00. The van der Waals surface area contributed by atoms with Gasteiger partial charge in [0.05, 0.1) is 11.9 Å². The van der Waals surface area contributed by atoms with Crippen LogP contribution in [0, 0.1) is 13.8 Å². The normalized spacial score (nSPS) is 11.7. The van der Waals surface area contributed by atoms with Gasteiger partial charge in [-0.05, 0) is 80.8 Å². The largest absolute Gasteiger partial charge is 0.462 e. The van der Waals surface area contributed by atoms with Crippen LogP contribution in [0.1, 0.15) is 51.3 Å². The molecule has 10 heteroatoms. The van der Waals surface area contributed by atoms with Crippen molar-refractivity contribution in [3.05, 3.63) is 142 Å². The number of aryl methyl sites for hydroxylation is 2. The average molecular weight is 704 g/mol. The molecule has 3 amide bonds. The Balaban J connectivity index is 1.30. The van der Waals surface area contributed by atoms with Gasteiger partial charge in [-0.25, -0.2) is 4.79 Å². The molecule has 3 N–H and O–H groups in total. The van der Waals surface area contributed by atoms with E-state index in [0.29, 0.717) is 27.4 Å². The van der Waals surface area contributed by atoms with Crippen molar-refractivity contribution in [1.29, 1.82) is 0 Å². The zero-order valence-corrected chi connectivity index (χ0v) is 29.7. The van der Waals surface area contributed by atoms with Gasteiger partial charge >= 0.3 is 5.97 Å². The first kappa shape index (κ1) is 35.8. The van der Waals surface area contributed by atoms with E-state index in [-0.39, 0.29) is 18.2 Å². The van der Waals surface area contributed by atoms with E-state index in [1.165, 1.54) is 23.1 Å². The summed E-state index contributed by atoms with van der Waals surface area (Å²) in [7, 11) is 0. The fraction of sp³-hybridized carbons (Fsp3) is 0.150. The van der Waals surface area contributed by atoms with Crippen LogP contribution < -0.4 is 16.0 Å². The quantitative estimate of drug-likeness (QED) is 0.0681. The minimum atomic E-state index is -0.553. The molecule has 0 fully saturated rings. The summed E-state index contributed by atoms with van der Waals surface area (Å²) in [5.74, 6) is -1.70. The first-order chi connectivity index (χ1) is 24.1. The molecule has 1 atom stereocenters. The zero-order valence-electron chi connectivity index (χ0n) is 28.1. The van der Waals surface area contributed by atoms with Crippen LogP contribution in [0.4, 0.5) is 10.7 Å². The van der Waals surface area contributed by atoms with Crippen LogP contribution in [0.15, 0.2) is 119 Å². The summed E-state index contributed by atoms with van der Waals surface area (Å²) in [4.78, 5) is 53.8. The van der Waals surface area contributed by atoms with Crippen molar-refractivity contribution in [2.75, 3.05) is 17.2 Å². The van der Waals surface area contributed by atoms with Gasteiger partial charge in [-0.1, -0.05) is 78.4 Å². The number of thioether (sulfide) groups is 1. The van der Waals surface area contributed by atoms with Crippen LogP contribution >= 0.6 is 23.1 Å². The minimum Gasteiger partial charge on any atom is -0.462 e. The van der Waals surface area contributed by atoms with E-state index < -0.39 is 23.0 Å². The molecule has 0 spiro atoms. The van der Waals surface area contributed by atoms with Crippen LogP contribution in [0.5, 0.6) is 0 Å². The van der Waals surface area contributed by atoms with Gasteiger partial charge < -0.3 is 20.7 Å². The van der Waals surface area contributed by atoms with Crippen molar-refractivity contribution in [3.63, 3.8) is 0 Å². The average Bonchev–Trinajstić information content (AvgIpc) is 3.53. The molecule has 1 unspecified atom stereocenters. The molecule has 5 aromatic rings. The number of carbonyl (C=O) groups is 4. The summed E-state index contributed by atoms with van der Waals surface area (Å²) in [6.45, 7) is 7.64. The molecule has 0 saturated carbocycles. The fourth-order valence-corrected chi connectivity index (χ4v) is 6.85. The molecular formula is C40H37N3O5S2. The van der Waals surface area contributed by atoms with E-state index in [9.17, 15) is 19.2 Å². The van der Waals surface area contributed by atoms with E-state index in [0.717, 1.165) is 27.1 Å². The summed E-state index contributed by atoms with van der Waals surface area (Å²) in [5, 5.41) is 10.3. The molecule has 5 rings (SSSR count). The van der Waals surface area contributed by atoms with E-state index in [1.54, 1.807) is 62.4 Å². The molecule has 0 radical (unpaired) electrons. The number of benzene rings is 4. The van der Waals surface area contributed by atoms with Crippen molar-refractivity contribution in [1.82, 2.24) is 5.32 Å². The van der Waals surface area contributed by atoms with Gasteiger partial charge in [-0.2, -0.15) is 0 Å². The highest BCUT2D eigenvalue weighted by atomic mass is 32.2. The van der Waals surface area contributed by atoms with Gasteiger partial charge in [-0.15, -0.1) is 23.1 Å². The van der Waals surface area contributed by atoms with Crippen molar-refractivity contribution < 1.29 is 23.9 Å². The highest BCUT2D eigenvalue weighted by Crippen LogP contribution is 2.37. The van der Waals surface area contributed by atoms with Crippen LogP contribution in [-0.4, -0.2) is 35.5 Å². The number of amides is 3. The second-order valence-electron chi connectivity index (χ2n) is 11.4. The third-order valence-electron chi connectivity index (χ3n) is 7.66. The lowest BCUT2D eigenvalue weighted by molar-refractivity contribution is -0.115. The zero-order chi connectivity index (χ0) is 35.6. The van der Waals surface area contributed by atoms with E-state index in [2.05, 4.69) is 16.0 Å².